The normalized spacial score (nSPS) is 10.8. The number of methoxy groups -OCH3 is 1. The third-order valence-corrected chi connectivity index (χ3v) is 4.77. The van der Waals surface area contributed by atoms with E-state index < -0.39 is 18.5 Å². The lowest BCUT2D eigenvalue weighted by Gasteiger charge is -2.18. The first kappa shape index (κ1) is 21.4. The number of likely N-dealkylation sites (N-methyl/N-ethyl adjacent to an activating group) is 1. The second-order valence-corrected chi connectivity index (χ2v) is 6.96. The van der Waals surface area contributed by atoms with Crippen molar-refractivity contribution in [3.63, 3.8) is 0 Å². The summed E-state index contributed by atoms with van der Waals surface area (Å²) in [5, 5.41) is 0.832. The molecule has 0 spiro atoms. The zero-order valence-corrected chi connectivity index (χ0v) is 17.1. The number of benzene rings is 2. The lowest BCUT2D eigenvalue weighted by molar-refractivity contribution is -0.133. The molecule has 0 aliphatic rings. The van der Waals surface area contributed by atoms with Gasteiger partial charge in [0, 0.05) is 26.1 Å². The van der Waals surface area contributed by atoms with Crippen molar-refractivity contribution in [3.8, 4) is 0 Å². The molecule has 0 saturated carbocycles. The maximum Gasteiger partial charge on any atom is 0.340 e. The van der Waals surface area contributed by atoms with Crippen LogP contribution in [0.2, 0.25) is 0 Å². The van der Waals surface area contributed by atoms with Gasteiger partial charge in [-0.1, -0.05) is 30.3 Å². The first-order valence-electron chi connectivity index (χ1n) is 9.43. The van der Waals surface area contributed by atoms with Gasteiger partial charge in [-0.3, -0.25) is 4.79 Å². The fraction of sp³-hybridized carbons (Fsp3) is 0.261. The lowest BCUT2D eigenvalue weighted by atomic mass is 10.0. The van der Waals surface area contributed by atoms with E-state index in [0.717, 1.165) is 16.5 Å². The Balaban J connectivity index is 1.73. The van der Waals surface area contributed by atoms with E-state index in [4.69, 9.17) is 9.47 Å². The van der Waals surface area contributed by atoms with E-state index in [1.165, 1.54) is 24.1 Å². The Morgan fingerprint density at radius 3 is 2.63 bits per heavy atom. The Hall–Kier alpha value is -3.32. The van der Waals surface area contributed by atoms with E-state index in [1.807, 2.05) is 31.2 Å². The van der Waals surface area contributed by atoms with Crippen LogP contribution >= 0.6 is 0 Å². The third-order valence-electron chi connectivity index (χ3n) is 4.77. The number of halogens is 1. The van der Waals surface area contributed by atoms with Crippen LogP contribution in [0, 0.1) is 12.7 Å². The number of carbonyl (C=O) groups is 2. The Labute approximate surface area is 174 Å². The standard InChI is InChI=1S/C23H23FN2O4/c1-15-18-9-4-5-10-19(18)25-20(13-29-3)22(15)23(28)30-14-21(27)26(2)12-16-7-6-8-17(24)11-16/h4-11H,12-14H2,1-3H3. The van der Waals surface area contributed by atoms with Gasteiger partial charge in [0.1, 0.15) is 5.82 Å². The van der Waals surface area contributed by atoms with Crippen molar-refractivity contribution in [2.24, 2.45) is 0 Å². The average molecular weight is 410 g/mol. The second kappa shape index (κ2) is 9.45. The Morgan fingerprint density at radius 2 is 1.90 bits per heavy atom. The van der Waals surface area contributed by atoms with Gasteiger partial charge in [0.25, 0.3) is 5.91 Å². The molecule has 0 saturated heterocycles. The van der Waals surface area contributed by atoms with Crippen molar-refractivity contribution >= 4 is 22.8 Å². The number of esters is 1. The number of hydrogen-bond acceptors (Lipinski definition) is 5. The van der Waals surface area contributed by atoms with Gasteiger partial charge in [-0.2, -0.15) is 0 Å². The molecular weight excluding hydrogens is 387 g/mol. The van der Waals surface area contributed by atoms with Gasteiger partial charge < -0.3 is 14.4 Å². The van der Waals surface area contributed by atoms with Crippen LogP contribution in [-0.2, 0) is 27.4 Å². The van der Waals surface area contributed by atoms with Crippen LogP contribution in [0.4, 0.5) is 4.39 Å². The highest BCUT2D eigenvalue weighted by atomic mass is 19.1. The molecule has 1 heterocycles. The minimum atomic E-state index is -0.634. The van der Waals surface area contributed by atoms with E-state index >= 15 is 0 Å². The van der Waals surface area contributed by atoms with E-state index in [2.05, 4.69) is 4.98 Å². The number of hydrogen-bond donors (Lipinski definition) is 0. The summed E-state index contributed by atoms with van der Waals surface area (Å²) in [5.41, 5.74) is 2.88. The molecule has 156 valence electrons. The quantitative estimate of drug-likeness (QED) is 0.556. The highest BCUT2D eigenvalue weighted by Gasteiger charge is 2.21. The highest BCUT2D eigenvalue weighted by molar-refractivity contribution is 5.99. The summed E-state index contributed by atoms with van der Waals surface area (Å²) in [7, 11) is 3.09. The van der Waals surface area contributed by atoms with Gasteiger partial charge in [-0.05, 0) is 36.2 Å². The molecule has 6 nitrogen and oxygen atoms in total. The average Bonchev–Trinajstić information content (AvgIpc) is 2.72. The molecule has 0 fully saturated rings. The van der Waals surface area contributed by atoms with Crippen molar-refractivity contribution in [1.29, 1.82) is 0 Å². The summed E-state index contributed by atoms with van der Waals surface area (Å²) in [6.45, 7) is 1.74. The predicted molar refractivity (Wildman–Crippen MR) is 110 cm³/mol. The topological polar surface area (TPSA) is 68.7 Å². The minimum absolute atomic E-state index is 0.142. The van der Waals surface area contributed by atoms with E-state index in [9.17, 15) is 14.0 Å². The van der Waals surface area contributed by atoms with Crippen LogP contribution < -0.4 is 0 Å². The molecule has 0 aliphatic carbocycles. The molecule has 0 bridgehead atoms. The molecular formula is C23H23FN2O4. The van der Waals surface area contributed by atoms with E-state index in [1.54, 1.807) is 19.2 Å². The Kier molecular flexibility index (Phi) is 6.74. The number of carbonyl (C=O) groups excluding carboxylic acids is 2. The number of ether oxygens (including phenoxy) is 2. The summed E-state index contributed by atoms with van der Waals surface area (Å²) in [5.74, 6) is -1.40. The Morgan fingerprint density at radius 1 is 1.13 bits per heavy atom. The van der Waals surface area contributed by atoms with Crippen LogP contribution in [0.15, 0.2) is 48.5 Å². The lowest BCUT2D eigenvalue weighted by Crippen LogP contribution is -2.31. The molecule has 7 heteroatoms. The minimum Gasteiger partial charge on any atom is -0.452 e. The summed E-state index contributed by atoms with van der Waals surface area (Å²) >= 11 is 0. The molecule has 0 aliphatic heterocycles. The number of para-hydroxylation sites is 1. The van der Waals surface area contributed by atoms with Gasteiger partial charge >= 0.3 is 5.97 Å². The van der Waals surface area contributed by atoms with Crippen molar-refractivity contribution in [1.82, 2.24) is 9.88 Å². The number of aryl methyl sites for hydroxylation is 1. The molecule has 3 rings (SSSR count). The number of amides is 1. The summed E-state index contributed by atoms with van der Waals surface area (Å²) in [6, 6.07) is 13.5. The maximum atomic E-state index is 13.3. The van der Waals surface area contributed by atoms with Crippen molar-refractivity contribution in [2.75, 3.05) is 20.8 Å². The molecule has 3 aromatic rings. The maximum absolute atomic E-state index is 13.3. The van der Waals surface area contributed by atoms with Crippen LogP contribution in [0.3, 0.4) is 0 Å². The van der Waals surface area contributed by atoms with Gasteiger partial charge in [-0.25, -0.2) is 14.2 Å². The molecule has 1 aromatic heterocycles. The van der Waals surface area contributed by atoms with E-state index in [-0.39, 0.29) is 19.0 Å². The number of rotatable bonds is 7. The first-order chi connectivity index (χ1) is 14.4. The van der Waals surface area contributed by atoms with Gasteiger partial charge in [0.15, 0.2) is 6.61 Å². The molecule has 1 amide bonds. The molecule has 0 N–H and O–H groups in total. The van der Waals surface area contributed by atoms with Crippen LogP contribution in [-0.4, -0.2) is 42.5 Å². The number of pyridine rings is 1. The largest absolute Gasteiger partial charge is 0.452 e. The van der Waals surface area contributed by atoms with Gasteiger partial charge in [-0.15, -0.1) is 0 Å². The zero-order chi connectivity index (χ0) is 21.7. The zero-order valence-electron chi connectivity index (χ0n) is 17.1. The van der Waals surface area contributed by atoms with Gasteiger partial charge in [0.2, 0.25) is 0 Å². The monoisotopic (exact) mass is 410 g/mol. The molecule has 0 unspecified atom stereocenters. The van der Waals surface area contributed by atoms with Crippen LogP contribution in [0.25, 0.3) is 10.9 Å². The summed E-state index contributed by atoms with van der Waals surface area (Å²) < 4.78 is 23.8. The van der Waals surface area contributed by atoms with Crippen LogP contribution in [0.5, 0.6) is 0 Å². The third kappa shape index (κ3) is 4.80. The fourth-order valence-corrected chi connectivity index (χ4v) is 3.26. The molecule has 2 aromatic carbocycles. The van der Waals surface area contributed by atoms with Crippen molar-refractivity contribution < 1.29 is 23.5 Å². The van der Waals surface area contributed by atoms with Crippen molar-refractivity contribution in [3.05, 3.63) is 76.7 Å². The Bertz CT molecular complexity index is 1080. The predicted octanol–water partition coefficient (Wildman–Crippen LogP) is 3.64. The van der Waals surface area contributed by atoms with E-state index in [0.29, 0.717) is 16.8 Å². The number of aromatic nitrogens is 1. The summed E-state index contributed by atoms with van der Waals surface area (Å²) in [4.78, 5) is 31.1. The molecule has 0 radical (unpaired) electrons. The number of nitrogens with zero attached hydrogens (tertiary/aromatic N) is 2. The smallest absolute Gasteiger partial charge is 0.340 e. The SMILES string of the molecule is COCc1nc2ccccc2c(C)c1C(=O)OCC(=O)N(C)Cc1cccc(F)c1. The number of fused-ring (bicyclic) bond motifs is 1. The summed E-state index contributed by atoms with van der Waals surface area (Å²) in [6.07, 6.45) is 0. The van der Waals surface area contributed by atoms with Crippen LogP contribution in [0.1, 0.15) is 27.2 Å². The molecule has 30 heavy (non-hydrogen) atoms. The fourth-order valence-electron chi connectivity index (χ4n) is 3.26. The first-order valence-corrected chi connectivity index (χ1v) is 9.43. The van der Waals surface area contributed by atoms with Gasteiger partial charge in [0.05, 0.1) is 23.4 Å². The van der Waals surface area contributed by atoms with Crippen molar-refractivity contribution in [2.45, 2.75) is 20.1 Å². The molecule has 0 atom stereocenters. The highest BCUT2D eigenvalue weighted by Crippen LogP contribution is 2.24. The second-order valence-electron chi connectivity index (χ2n) is 6.96.